The number of aryl methyl sites for hydroxylation is 1. The number of nitrogens with zero attached hydrogens (tertiary/aromatic N) is 2. The molecule has 0 fully saturated rings. The number of aromatic nitrogens is 3. The average molecular weight is 240 g/mol. The van der Waals surface area contributed by atoms with Gasteiger partial charge in [0, 0.05) is 11.9 Å². The third-order valence-corrected chi connectivity index (χ3v) is 2.96. The monoisotopic (exact) mass is 240 g/mol. The number of H-pyrrole nitrogens is 1. The van der Waals surface area contributed by atoms with Crippen molar-refractivity contribution in [3.05, 3.63) is 52.6 Å². The van der Waals surface area contributed by atoms with E-state index in [1.54, 1.807) is 18.3 Å². The largest absolute Gasteiger partial charge is 0.398 e. The molecule has 3 N–H and O–H groups in total. The molecular weight excluding hydrogens is 228 g/mol. The van der Waals surface area contributed by atoms with Gasteiger partial charge in [0.2, 0.25) is 0 Å². The summed E-state index contributed by atoms with van der Waals surface area (Å²) in [4.78, 5) is 18.9. The van der Waals surface area contributed by atoms with Crippen molar-refractivity contribution in [3.63, 3.8) is 0 Å². The molecule has 0 aliphatic heterocycles. The Bertz CT molecular complexity index is 785. The van der Waals surface area contributed by atoms with Crippen LogP contribution in [0.5, 0.6) is 0 Å². The van der Waals surface area contributed by atoms with Gasteiger partial charge in [0.1, 0.15) is 0 Å². The Morgan fingerprint density at radius 2 is 2.17 bits per heavy atom. The zero-order chi connectivity index (χ0) is 12.7. The predicted molar refractivity (Wildman–Crippen MR) is 70.8 cm³/mol. The van der Waals surface area contributed by atoms with Gasteiger partial charge in [0.25, 0.3) is 0 Å². The first-order chi connectivity index (χ1) is 8.66. The van der Waals surface area contributed by atoms with Crippen LogP contribution < -0.4 is 11.4 Å². The van der Waals surface area contributed by atoms with Gasteiger partial charge < -0.3 is 10.7 Å². The molecule has 0 atom stereocenters. The Morgan fingerprint density at radius 1 is 1.33 bits per heavy atom. The molecule has 1 aromatic carbocycles. The molecule has 3 aromatic rings. The Hall–Kier alpha value is -2.56. The topological polar surface area (TPSA) is 76.7 Å². The summed E-state index contributed by atoms with van der Waals surface area (Å²) < 4.78 is 1.52. The number of fused-ring (bicyclic) bond motifs is 1. The number of imidazole rings is 1. The fourth-order valence-electron chi connectivity index (χ4n) is 1.95. The smallest absolute Gasteiger partial charge is 0.332 e. The number of nitrogens with two attached hydrogens (primary N) is 1. The second kappa shape index (κ2) is 3.73. The molecule has 0 saturated heterocycles. The van der Waals surface area contributed by atoms with E-state index in [9.17, 15) is 4.79 Å². The Balaban J connectivity index is 2.34. The quantitative estimate of drug-likeness (QED) is 0.634. The van der Waals surface area contributed by atoms with Gasteiger partial charge in [-0.25, -0.2) is 14.3 Å². The van der Waals surface area contributed by atoms with Gasteiger partial charge in [0.15, 0.2) is 5.65 Å². The fraction of sp³-hybridized carbons (Fsp3) is 0.0769. The van der Waals surface area contributed by atoms with Crippen LogP contribution in [0.3, 0.4) is 0 Å². The Morgan fingerprint density at radius 3 is 2.94 bits per heavy atom. The van der Waals surface area contributed by atoms with Gasteiger partial charge in [-0.05, 0) is 36.8 Å². The normalized spacial score (nSPS) is 10.9. The Kier molecular flexibility index (Phi) is 2.19. The third-order valence-electron chi connectivity index (χ3n) is 2.96. The maximum atomic E-state index is 12.0. The average Bonchev–Trinajstić information content (AvgIpc) is 2.69. The molecule has 5 heteroatoms. The highest BCUT2D eigenvalue weighted by Gasteiger charge is 2.09. The molecule has 2 aromatic heterocycles. The minimum Gasteiger partial charge on any atom is -0.398 e. The van der Waals surface area contributed by atoms with E-state index in [-0.39, 0.29) is 5.69 Å². The summed E-state index contributed by atoms with van der Waals surface area (Å²) in [6.45, 7) is 1.93. The molecule has 18 heavy (non-hydrogen) atoms. The maximum absolute atomic E-state index is 12.0. The first-order valence-corrected chi connectivity index (χ1v) is 5.59. The molecule has 0 unspecified atom stereocenters. The molecule has 0 aliphatic rings. The van der Waals surface area contributed by atoms with E-state index < -0.39 is 0 Å². The van der Waals surface area contributed by atoms with Crippen molar-refractivity contribution in [2.45, 2.75) is 6.92 Å². The van der Waals surface area contributed by atoms with Crippen LogP contribution in [0.25, 0.3) is 16.9 Å². The molecular formula is C13H12N4O. The van der Waals surface area contributed by atoms with E-state index >= 15 is 0 Å². The number of anilines is 1. The standard InChI is InChI=1S/C13H12N4O/c1-8-4-5-9(7-10(8)14)17-12-11(16-13(17)18)3-2-6-15-12/h2-7H,14H2,1H3,(H,16,18). The van der Waals surface area contributed by atoms with Crippen LogP contribution in [-0.4, -0.2) is 14.5 Å². The first kappa shape index (κ1) is 10.6. The van der Waals surface area contributed by atoms with Crippen LogP contribution in [0, 0.1) is 6.92 Å². The Labute approximate surface area is 103 Å². The second-order valence-electron chi connectivity index (χ2n) is 4.18. The van der Waals surface area contributed by atoms with Crippen molar-refractivity contribution in [1.29, 1.82) is 0 Å². The van der Waals surface area contributed by atoms with Crippen LogP contribution in [0.15, 0.2) is 41.3 Å². The van der Waals surface area contributed by atoms with Crippen LogP contribution in [-0.2, 0) is 0 Å². The molecule has 0 spiro atoms. The number of hydrogen-bond donors (Lipinski definition) is 2. The van der Waals surface area contributed by atoms with E-state index in [2.05, 4.69) is 9.97 Å². The lowest BCUT2D eigenvalue weighted by atomic mass is 10.2. The van der Waals surface area contributed by atoms with E-state index in [0.29, 0.717) is 22.5 Å². The van der Waals surface area contributed by atoms with E-state index in [1.807, 2.05) is 25.1 Å². The number of aromatic amines is 1. The van der Waals surface area contributed by atoms with Gasteiger partial charge in [0.05, 0.1) is 11.2 Å². The summed E-state index contributed by atoms with van der Waals surface area (Å²) in [6.07, 6.45) is 1.66. The SMILES string of the molecule is Cc1ccc(-n2c(=O)[nH]c3cccnc32)cc1N. The summed E-state index contributed by atoms with van der Waals surface area (Å²) in [5, 5.41) is 0. The van der Waals surface area contributed by atoms with Crippen molar-refractivity contribution in [1.82, 2.24) is 14.5 Å². The van der Waals surface area contributed by atoms with Gasteiger partial charge in [-0.2, -0.15) is 0 Å². The highest BCUT2D eigenvalue weighted by Crippen LogP contribution is 2.18. The third kappa shape index (κ3) is 1.48. The summed E-state index contributed by atoms with van der Waals surface area (Å²) in [5.41, 5.74) is 9.33. The molecule has 0 aliphatic carbocycles. The molecule has 0 amide bonds. The summed E-state index contributed by atoms with van der Waals surface area (Å²) in [5.74, 6) is 0. The van der Waals surface area contributed by atoms with Crippen molar-refractivity contribution in [3.8, 4) is 5.69 Å². The highest BCUT2D eigenvalue weighted by atomic mass is 16.1. The maximum Gasteiger partial charge on any atom is 0.332 e. The lowest BCUT2D eigenvalue weighted by molar-refractivity contribution is 1.000. The molecule has 0 bridgehead atoms. The number of nitrogen functional groups attached to an aromatic ring is 1. The van der Waals surface area contributed by atoms with Gasteiger partial charge in [-0.3, -0.25) is 0 Å². The minimum atomic E-state index is -0.216. The zero-order valence-electron chi connectivity index (χ0n) is 9.84. The molecule has 0 saturated carbocycles. The van der Waals surface area contributed by atoms with E-state index in [1.165, 1.54) is 4.57 Å². The van der Waals surface area contributed by atoms with Crippen LogP contribution in [0.4, 0.5) is 5.69 Å². The lowest BCUT2D eigenvalue weighted by Gasteiger charge is -2.05. The summed E-state index contributed by atoms with van der Waals surface area (Å²) >= 11 is 0. The van der Waals surface area contributed by atoms with Crippen molar-refractivity contribution in [2.24, 2.45) is 0 Å². The molecule has 3 rings (SSSR count). The molecule has 0 radical (unpaired) electrons. The van der Waals surface area contributed by atoms with Gasteiger partial charge in [-0.15, -0.1) is 0 Å². The zero-order valence-corrected chi connectivity index (χ0v) is 9.84. The first-order valence-electron chi connectivity index (χ1n) is 5.59. The van der Waals surface area contributed by atoms with Crippen LogP contribution in [0.1, 0.15) is 5.56 Å². The second-order valence-corrected chi connectivity index (χ2v) is 4.18. The van der Waals surface area contributed by atoms with Crippen molar-refractivity contribution >= 4 is 16.9 Å². The van der Waals surface area contributed by atoms with E-state index in [4.69, 9.17) is 5.73 Å². The van der Waals surface area contributed by atoms with Crippen LogP contribution in [0.2, 0.25) is 0 Å². The number of hydrogen-bond acceptors (Lipinski definition) is 3. The lowest BCUT2D eigenvalue weighted by Crippen LogP contribution is -2.15. The van der Waals surface area contributed by atoms with Gasteiger partial charge in [-0.1, -0.05) is 6.07 Å². The number of pyridine rings is 1. The minimum absolute atomic E-state index is 0.216. The van der Waals surface area contributed by atoms with Crippen molar-refractivity contribution in [2.75, 3.05) is 5.73 Å². The van der Waals surface area contributed by atoms with Gasteiger partial charge >= 0.3 is 5.69 Å². The number of nitrogens with one attached hydrogen (secondary N) is 1. The fourth-order valence-corrected chi connectivity index (χ4v) is 1.95. The molecule has 2 heterocycles. The number of benzene rings is 1. The molecule has 90 valence electrons. The van der Waals surface area contributed by atoms with Crippen molar-refractivity contribution < 1.29 is 0 Å². The predicted octanol–water partition coefficient (Wildman–Crippen LogP) is 1.60. The molecule has 5 nitrogen and oxygen atoms in total. The highest BCUT2D eigenvalue weighted by molar-refractivity contribution is 5.73. The summed E-state index contributed by atoms with van der Waals surface area (Å²) in [6, 6.07) is 9.12. The van der Waals surface area contributed by atoms with E-state index in [0.717, 1.165) is 5.56 Å². The summed E-state index contributed by atoms with van der Waals surface area (Å²) in [7, 11) is 0. The number of rotatable bonds is 1. The van der Waals surface area contributed by atoms with Crippen LogP contribution >= 0.6 is 0 Å².